The molecule has 0 aliphatic heterocycles. The zero-order valence-corrected chi connectivity index (χ0v) is 19.0. The number of fused-ring (bicyclic) bond motifs is 3. The Morgan fingerprint density at radius 2 is 2.00 bits per heavy atom. The van der Waals surface area contributed by atoms with Crippen LogP contribution in [0, 0.1) is 5.92 Å². The van der Waals surface area contributed by atoms with E-state index in [0.29, 0.717) is 5.75 Å². The highest BCUT2D eigenvalue weighted by Crippen LogP contribution is 2.40. The number of nitrogens with zero attached hydrogens (tertiary/aromatic N) is 2. The van der Waals surface area contributed by atoms with E-state index in [4.69, 9.17) is 0 Å². The van der Waals surface area contributed by atoms with Crippen LogP contribution >= 0.6 is 23.1 Å². The molecule has 152 valence electrons. The smallest absolute Gasteiger partial charge is 0.234 e. The van der Waals surface area contributed by atoms with Crippen LogP contribution in [0.15, 0.2) is 35.6 Å². The Morgan fingerprint density at radius 3 is 2.72 bits per heavy atom. The van der Waals surface area contributed by atoms with Gasteiger partial charge in [-0.2, -0.15) is 0 Å². The zero-order chi connectivity index (χ0) is 20.6. The minimum Gasteiger partial charge on any atom is -0.325 e. The van der Waals surface area contributed by atoms with Gasteiger partial charge in [0, 0.05) is 16.0 Å². The molecule has 0 saturated heterocycles. The van der Waals surface area contributed by atoms with Crippen molar-refractivity contribution in [2.45, 2.75) is 57.4 Å². The predicted molar refractivity (Wildman–Crippen MR) is 123 cm³/mol. The average molecular weight is 426 g/mol. The normalized spacial score (nSPS) is 16.6. The Labute approximate surface area is 180 Å². The molecule has 1 aliphatic rings. The van der Waals surface area contributed by atoms with Gasteiger partial charge in [-0.15, -0.1) is 11.3 Å². The van der Waals surface area contributed by atoms with Crippen molar-refractivity contribution in [3.8, 4) is 0 Å². The van der Waals surface area contributed by atoms with Gasteiger partial charge in [0.25, 0.3) is 0 Å². The standard InChI is InChI=1S/C23H27N3OS2/c1-14-5-10-17-18(11-14)29-22-20(17)21(24-13-25-22)28-12-19(27)26-16-8-6-15(7-9-16)23(2,3)4/h6-9,13-14H,5,10-12H2,1-4H3,(H,26,27)/t14-/m1/s1. The SMILES string of the molecule is C[C@@H]1CCc2c(sc3ncnc(SCC(=O)Nc4ccc(C(C)(C)C)cc4)c23)C1. The van der Waals surface area contributed by atoms with Gasteiger partial charge in [-0.1, -0.05) is 51.6 Å². The number of thioether (sulfide) groups is 1. The summed E-state index contributed by atoms with van der Waals surface area (Å²) in [4.78, 5) is 24.0. The molecule has 1 aromatic carbocycles. The Morgan fingerprint density at radius 1 is 1.24 bits per heavy atom. The first-order valence-electron chi connectivity index (χ1n) is 10.1. The monoisotopic (exact) mass is 425 g/mol. The molecule has 0 saturated carbocycles. The summed E-state index contributed by atoms with van der Waals surface area (Å²) < 4.78 is 0. The van der Waals surface area contributed by atoms with E-state index < -0.39 is 0 Å². The van der Waals surface area contributed by atoms with Crippen molar-refractivity contribution in [2.24, 2.45) is 5.92 Å². The molecule has 0 bridgehead atoms. The summed E-state index contributed by atoms with van der Waals surface area (Å²) in [6.45, 7) is 8.86. The number of hydrogen-bond donors (Lipinski definition) is 1. The van der Waals surface area contributed by atoms with Gasteiger partial charge in [-0.05, 0) is 53.9 Å². The quantitative estimate of drug-likeness (QED) is 0.421. The van der Waals surface area contributed by atoms with Crippen LogP contribution in [0.2, 0.25) is 0 Å². The molecule has 0 fully saturated rings. The summed E-state index contributed by atoms with van der Waals surface area (Å²) in [5, 5.41) is 5.10. The Balaban J connectivity index is 1.45. The maximum absolute atomic E-state index is 12.5. The van der Waals surface area contributed by atoms with E-state index in [1.54, 1.807) is 17.7 Å². The van der Waals surface area contributed by atoms with Crippen LogP contribution in [-0.4, -0.2) is 21.6 Å². The van der Waals surface area contributed by atoms with Crippen molar-refractivity contribution in [1.82, 2.24) is 9.97 Å². The summed E-state index contributed by atoms with van der Waals surface area (Å²) in [5.74, 6) is 1.06. The lowest BCUT2D eigenvalue weighted by Crippen LogP contribution is -2.15. The van der Waals surface area contributed by atoms with Crippen molar-refractivity contribution >= 4 is 44.9 Å². The van der Waals surface area contributed by atoms with Gasteiger partial charge in [-0.25, -0.2) is 9.97 Å². The van der Waals surface area contributed by atoms with Crippen LogP contribution in [-0.2, 0) is 23.1 Å². The molecule has 1 atom stereocenters. The fourth-order valence-electron chi connectivity index (χ4n) is 3.74. The zero-order valence-electron chi connectivity index (χ0n) is 17.4. The molecule has 1 amide bonds. The number of carbonyl (C=O) groups is 1. The van der Waals surface area contributed by atoms with E-state index in [2.05, 4.69) is 55.1 Å². The van der Waals surface area contributed by atoms with Crippen LogP contribution < -0.4 is 5.32 Å². The number of amides is 1. The summed E-state index contributed by atoms with van der Waals surface area (Å²) in [5.41, 5.74) is 3.60. The number of carbonyl (C=O) groups excluding carboxylic acids is 1. The maximum atomic E-state index is 12.5. The first-order chi connectivity index (χ1) is 13.8. The third kappa shape index (κ3) is 4.48. The third-order valence-electron chi connectivity index (χ3n) is 5.43. The summed E-state index contributed by atoms with van der Waals surface area (Å²) in [7, 11) is 0. The lowest BCUT2D eigenvalue weighted by molar-refractivity contribution is -0.113. The van der Waals surface area contributed by atoms with E-state index in [1.807, 2.05) is 12.1 Å². The molecular formula is C23H27N3OS2. The predicted octanol–water partition coefficient (Wildman–Crippen LogP) is 5.84. The molecule has 0 radical (unpaired) electrons. The Kier molecular flexibility index (Phi) is 5.67. The fourth-order valence-corrected chi connectivity index (χ4v) is 5.98. The van der Waals surface area contributed by atoms with Gasteiger partial charge in [-0.3, -0.25) is 4.79 Å². The number of thiophene rings is 1. The molecule has 0 unspecified atom stereocenters. The van der Waals surface area contributed by atoms with Crippen LogP contribution in [0.4, 0.5) is 5.69 Å². The maximum Gasteiger partial charge on any atom is 0.234 e. The van der Waals surface area contributed by atoms with Gasteiger partial charge in [0.2, 0.25) is 5.91 Å². The van der Waals surface area contributed by atoms with Gasteiger partial charge < -0.3 is 5.32 Å². The minimum absolute atomic E-state index is 0.0111. The second kappa shape index (κ2) is 8.07. The number of nitrogens with one attached hydrogen (secondary N) is 1. The van der Waals surface area contributed by atoms with E-state index >= 15 is 0 Å². The molecule has 2 heterocycles. The van der Waals surface area contributed by atoms with Crippen LogP contribution in [0.5, 0.6) is 0 Å². The second-order valence-electron chi connectivity index (χ2n) is 8.87. The van der Waals surface area contributed by atoms with E-state index in [0.717, 1.165) is 34.3 Å². The number of aromatic nitrogens is 2. The largest absolute Gasteiger partial charge is 0.325 e. The van der Waals surface area contributed by atoms with Crippen LogP contribution in [0.1, 0.15) is 50.1 Å². The number of anilines is 1. The highest BCUT2D eigenvalue weighted by Gasteiger charge is 2.23. The van der Waals surface area contributed by atoms with Gasteiger partial charge in [0.05, 0.1) is 5.75 Å². The number of hydrogen-bond acceptors (Lipinski definition) is 5. The molecule has 4 nitrogen and oxygen atoms in total. The minimum atomic E-state index is -0.0111. The first kappa shape index (κ1) is 20.4. The number of aryl methyl sites for hydroxylation is 1. The lowest BCUT2D eigenvalue weighted by atomic mass is 9.87. The van der Waals surface area contributed by atoms with E-state index in [-0.39, 0.29) is 11.3 Å². The Hall–Kier alpha value is -1.92. The number of benzene rings is 1. The molecule has 0 spiro atoms. The number of rotatable bonds is 4. The van der Waals surface area contributed by atoms with E-state index in [9.17, 15) is 4.79 Å². The lowest BCUT2D eigenvalue weighted by Gasteiger charge is -2.19. The first-order valence-corrected chi connectivity index (χ1v) is 11.9. The summed E-state index contributed by atoms with van der Waals surface area (Å²) >= 11 is 3.30. The van der Waals surface area contributed by atoms with Gasteiger partial charge in [0.15, 0.2) is 0 Å². The third-order valence-corrected chi connectivity index (χ3v) is 7.58. The second-order valence-corrected chi connectivity index (χ2v) is 10.9. The molecule has 4 rings (SSSR count). The van der Waals surface area contributed by atoms with E-state index in [1.165, 1.54) is 39.6 Å². The highest BCUT2D eigenvalue weighted by atomic mass is 32.2. The summed E-state index contributed by atoms with van der Waals surface area (Å²) in [6, 6.07) is 8.11. The molecule has 6 heteroatoms. The van der Waals surface area contributed by atoms with Crippen molar-refractivity contribution in [3.05, 3.63) is 46.6 Å². The van der Waals surface area contributed by atoms with Gasteiger partial charge >= 0.3 is 0 Å². The molecule has 29 heavy (non-hydrogen) atoms. The highest BCUT2D eigenvalue weighted by molar-refractivity contribution is 8.00. The fraction of sp³-hybridized carbons (Fsp3) is 0.435. The van der Waals surface area contributed by atoms with Crippen molar-refractivity contribution in [2.75, 3.05) is 11.1 Å². The Bertz CT molecular complexity index is 1030. The molecule has 1 aliphatic carbocycles. The average Bonchev–Trinajstić information content (AvgIpc) is 3.04. The van der Waals surface area contributed by atoms with Crippen LogP contribution in [0.3, 0.4) is 0 Å². The van der Waals surface area contributed by atoms with Crippen molar-refractivity contribution in [3.63, 3.8) is 0 Å². The topological polar surface area (TPSA) is 54.9 Å². The van der Waals surface area contributed by atoms with Crippen molar-refractivity contribution in [1.29, 1.82) is 0 Å². The molecule has 1 N–H and O–H groups in total. The summed E-state index contributed by atoms with van der Waals surface area (Å²) in [6.07, 6.45) is 5.05. The van der Waals surface area contributed by atoms with Crippen LogP contribution in [0.25, 0.3) is 10.2 Å². The molecular weight excluding hydrogens is 398 g/mol. The molecule has 2 aromatic heterocycles. The van der Waals surface area contributed by atoms with Gasteiger partial charge in [0.1, 0.15) is 16.2 Å². The van der Waals surface area contributed by atoms with Crippen molar-refractivity contribution < 1.29 is 4.79 Å². The molecule has 3 aromatic rings.